The van der Waals surface area contributed by atoms with E-state index < -0.39 is 23.9 Å². The second-order valence-corrected chi connectivity index (χ2v) is 7.78. The largest absolute Gasteiger partial charge is 0.493 e. The van der Waals surface area contributed by atoms with Gasteiger partial charge in [0.15, 0.2) is 17.4 Å². The molecule has 3 aromatic carbocycles. The van der Waals surface area contributed by atoms with E-state index in [0.29, 0.717) is 11.3 Å². The molecular formula is C26H25NO6. The number of hydrogen-bond acceptors (Lipinski definition) is 6. The molecule has 170 valence electrons. The van der Waals surface area contributed by atoms with Crippen molar-refractivity contribution in [1.82, 2.24) is 0 Å². The predicted octanol–water partition coefficient (Wildman–Crippen LogP) is 3.76. The van der Waals surface area contributed by atoms with Gasteiger partial charge in [-0.1, -0.05) is 60.7 Å². The summed E-state index contributed by atoms with van der Waals surface area (Å²) in [5.74, 6) is -3.39. The maximum atomic E-state index is 13.0. The minimum Gasteiger partial charge on any atom is -0.493 e. The van der Waals surface area contributed by atoms with Crippen LogP contribution in [0.2, 0.25) is 0 Å². The number of aliphatic carboxylic acids is 1. The van der Waals surface area contributed by atoms with Gasteiger partial charge in [0.25, 0.3) is 0 Å². The zero-order chi connectivity index (χ0) is 23.5. The van der Waals surface area contributed by atoms with Gasteiger partial charge in [0, 0.05) is 11.5 Å². The number of esters is 1. The Morgan fingerprint density at radius 1 is 0.909 bits per heavy atom. The summed E-state index contributed by atoms with van der Waals surface area (Å²) >= 11 is 0. The fourth-order valence-electron chi connectivity index (χ4n) is 4.45. The molecule has 0 saturated carbocycles. The Bertz CT molecular complexity index is 1150. The first-order valence-corrected chi connectivity index (χ1v) is 10.5. The van der Waals surface area contributed by atoms with Gasteiger partial charge in [-0.2, -0.15) is 0 Å². The van der Waals surface area contributed by atoms with Gasteiger partial charge in [-0.05, 0) is 28.3 Å². The molecule has 0 amide bonds. The Hall–Kier alpha value is -3.84. The van der Waals surface area contributed by atoms with Crippen LogP contribution in [-0.2, 0) is 14.3 Å². The fourth-order valence-corrected chi connectivity index (χ4v) is 4.45. The third-order valence-corrected chi connectivity index (χ3v) is 6.03. The Morgan fingerprint density at radius 2 is 1.52 bits per heavy atom. The summed E-state index contributed by atoms with van der Waals surface area (Å²) in [4.78, 5) is 25.0. The van der Waals surface area contributed by atoms with Crippen molar-refractivity contribution in [3.8, 4) is 22.6 Å². The number of carboxylic acid groups (broad SMARTS) is 1. The molecule has 0 aliphatic heterocycles. The van der Waals surface area contributed by atoms with Gasteiger partial charge in [0.1, 0.15) is 6.61 Å². The van der Waals surface area contributed by atoms with Gasteiger partial charge in [-0.25, -0.2) is 0 Å². The van der Waals surface area contributed by atoms with Crippen LogP contribution >= 0.6 is 0 Å². The molecule has 0 spiro atoms. The number of methoxy groups -OCH3 is 2. The van der Waals surface area contributed by atoms with Crippen molar-refractivity contribution in [1.29, 1.82) is 0 Å². The average Bonchev–Trinajstić information content (AvgIpc) is 3.15. The molecule has 2 atom stereocenters. The lowest BCUT2D eigenvalue weighted by atomic mass is 9.92. The number of benzene rings is 3. The number of hydrogen-bond donors (Lipinski definition) is 2. The molecule has 3 N–H and O–H groups in total. The van der Waals surface area contributed by atoms with Crippen LogP contribution in [0.15, 0.2) is 66.7 Å². The van der Waals surface area contributed by atoms with Crippen LogP contribution in [0, 0.1) is 5.92 Å². The third-order valence-electron chi connectivity index (χ3n) is 6.03. The molecule has 0 saturated heterocycles. The lowest BCUT2D eigenvalue weighted by Crippen LogP contribution is -2.36. The van der Waals surface area contributed by atoms with Crippen molar-refractivity contribution in [3.05, 3.63) is 83.4 Å². The van der Waals surface area contributed by atoms with Crippen LogP contribution in [0.4, 0.5) is 0 Å². The molecule has 4 rings (SSSR count). The number of ether oxygens (including phenoxy) is 3. The molecule has 0 heterocycles. The smallest absolute Gasteiger partial charge is 0.322 e. The first-order chi connectivity index (χ1) is 16.0. The van der Waals surface area contributed by atoms with Crippen LogP contribution in [0.3, 0.4) is 0 Å². The lowest BCUT2D eigenvalue weighted by Gasteiger charge is -2.23. The first kappa shape index (κ1) is 22.4. The summed E-state index contributed by atoms with van der Waals surface area (Å²) in [6.07, 6.45) is 0. The van der Waals surface area contributed by atoms with E-state index in [0.717, 1.165) is 22.3 Å². The van der Waals surface area contributed by atoms with E-state index in [4.69, 9.17) is 19.9 Å². The van der Waals surface area contributed by atoms with E-state index in [1.807, 2.05) is 48.5 Å². The second kappa shape index (κ2) is 9.34. The van der Waals surface area contributed by atoms with E-state index in [1.165, 1.54) is 14.2 Å². The highest BCUT2D eigenvalue weighted by atomic mass is 16.5. The summed E-state index contributed by atoms with van der Waals surface area (Å²) in [7, 11) is 2.89. The topological polar surface area (TPSA) is 108 Å². The summed E-state index contributed by atoms with van der Waals surface area (Å²) < 4.78 is 16.2. The van der Waals surface area contributed by atoms with Crippen LogP contribution in [0.1, 0.15) is 28.7 Å². The number of carboxylic acids is 1. The number of nitrogens with two attached hydrogens (primary N) is 1. The first-order valence-electron chi connectivity index (χ1n) is 10.5. The number of rotatable bonds is 8. The summed E-state index contributed by atoms with van der Waals surface area (Å²) in [6, 6.07) is 19.6. The Labute approximate surface area is 191 Å². The van der Waals surface area contributed by atoms with Crippen LogP contribution < -0.4 is 15.2 Å². The van der Waals surface area contributed by atoms with Gasteiger partial charge >= 0.3 is 11.9 Å². The number of para-hydroxylation sites is 1. The highest BCUT2D eigenvalue weighted by Crippen LogP contribution is 2.44. The predicted molar refractivity (Wildman–Crippen MR) is 122 cm³/mol. The van der Waals surface area contributed by atoms with Crippen molar-refractivity contribution >= 4 is 11.9 Å². The molecule has 0 fully saturated rings. The van der Waals surface area contributed by atoms with E-state index in [2.05, 4.69) is 0 Å². The fraction of sp³-hybridized carbons (Fsp3) is 0.231. The molecule has 1 aliphatic rings. The van der Waals surface area contributed by atoms with Gasteiger partial charge in [0.05, 0.1) is 20.3 Å². The van der Waals surface area contributed by atoms with Crippen LogP contribution in [-0.4, -0.2) is 37.9 Å². The zero-order valence-corrected chi connectivity index (χ0v) is 18.4. The molecular weight excluding hydrogens is 422 g/mol. The Balaban J connectivity index is 1.58. The minimum absolute atomic E-state index is 0.0125. The quantitative estimate of drug-likeness (QED) is 0.400. The number of carbonyl (C=O) groups excluding carboxylic acids is 1. The normalized spacial score (nSPS) is 14.0. The average molecular weight is 447 g/mol. The molecule has 1 aliphatic carbocycles. The van der Waals surface area contributed by atoms with Crippen molar-refractivity contribution in [2.75, 3.05) is 20.8 Å². The molecule has 0 radical (unpaired) electrons. The van der Waals surface area contributed by atoms with Crippen molar-refractivity contribution in [2.24, 2.45) is 11.7 Å². The van der Waals surface area contributed by atoms with E-state index in [9.17, 15) is 14.7 Å². The molecule has 33 heavy (non-hydrogen) atoms. The van der Waals surface area contributed by atoms with Crippen LogP contribution in [0.5, 0.6) is 11.5 Å². The minimum atomic E-state index is -1.61. The summed E-state index contributed by atoms with van der Waals surface area (Å²) in [6.45, 7) is 0.0125. The van der Waals surface area contributed by atoms with Crippen LogP contribution in [0.25, 0.3) is 11.1 Å². The van der Waals surface area contributed by atoms with Gasteiger partial charge in [-0.15, -0.1) is 0 Å². The molecule has 2 unspecified atom stereocenters. The second-order valence-electron chi connectivity index (χ2n) is 7.78. The molecule has 0 bridgehead atoms. The van der Waals surface area contributed by atoms with E-state index >= 15 is 0 Å². The Morgan fingerprint density at radius 3 is 2.06 bits per heavy atom. The number of carbonyl (C=O) groups is 2. The molecule has 7 nitrogen and oxygen atoms in total. The monoisotopic (exact) mass is 447 g/mol. The van der Waals surface area contributed by atoms with Gasteiger partial charge in [0.2, 0.25) is 0 Å². The summed E-state index contributed by atoms with van der Waals surface area (Å²) in [5, 5.41) is 9.82. The highest BCUT2D eigenvalue weighted by molar-refractivity contribution is 5.95. The zero-order valence-electron chi connectivity index (χ0n) is 18.4. The molecule has 3 aromatic rings. The van der Waals surface area contributed by atoms with Gasteiger partial charge in [-0.3, -0.25) is 9.59 Å². The van der Waals surface area contributed by atoms with Crippen molar-refractivity contribution in [3.63, 3.8) is 0 Å². The van der Waals surface area contributed by atoms with E-state index in [1.54, 1.807) is 18.2 Å². The lowest BCUT2D eigenvalue weighted by molar-refractivity contribution is -0.160. The van der Waals surface area contributed by atoms with E-state index in [-0.39, 0.29) is 18.3 Å². The maximum Gasteiger partial charge on any atom is 0.322 e. The maximum absolute atomic E-state index is 13.0. The molecule has 0 aromatic heterocycles. The third kappa shape index (κ3) is 4.03. The summed E-state index contributed by atoms with van der Waals surface area (Å²) in [5.41, 5.74) is 10.9. The molecule has 7 heteroatoms. The number of fused-ring (bicyclic) bond motifs is 3. The SMILES string of the molecule is COc1cccc(C(N)C(C(=O)O)C(=O)OCC2c3ccccc3-c3ccccc32)c1OC. The van der Waals surface area contributed by atoms with Crippen molar-refractivity contribution < 1.29 is 28.9 Å². The Kier molecular flexibility index (Phi) is 6.33. The standard InChI is InChI=1S/C26H25NO6/c1-31-21-13-7-12-19(24(21)32-2)23(27)22(25(28)29)26(30)33-14-20-17-10-5-3-8-15(17)16-9-4-6-11-18(16)20/h3-13,20,22-23H,14,27H2,1-2H3,(H,28,29). The van der Waals surface area contributed by atoms with Crippen molar-refractivity contribution in [2.45, 2.75) is 12.0 Å². The van der Waals surface area contributed by atoms with Gasteiger partial charge < -0.3 is 25.1 Å². The highest BCUT2D eigenvalue weighted by Gasteiger charge is 2.38.